The van der Waals surface area contributed by atoms with Gasteiger partial charge in [0.2, 0.25) is 5.91 Å². The van der Waals surface area contributed by atoms with Crippen LogP contribution < -0.4 is 5.32 Å². The number of hydrogen-bond donors (Lipinski definition) is 12. The van der Waals surface area contributed by atoms with Crippen molar-refractivity contribution in [3.8, 4) is 0 Å². The monoisotopic (exact) mass is 1480 g/mol. The topological polar surface area (TPSA) is 307 Å². The summed E-state index contributed by atoms with van der Waals surface area (Å²) in [6, 6.07) is -0.997. The van der Waals surface area contributed by atoms with Crippen molar-refractivity contribution in [3.05, 3.63) is 109 Å². The van der Waals surface area contributed by atoms with Gasteiger partial charge in [0.15, 0.2) is 18.9 Å². The maximum Gasteiger partial charge on any atom is 0.220 e. The molecule has 0 saturated carbocycles. The van der Waals surface area contributed by atoms with Crippen molar-refractivity contribution in [3.63, 3.8) is 0 Å². The van der Waals surface area contributed by atoms with Crippen molar-refractivity contribution < 1.29 is 89.4 Å². The van der Waals surface area contributed by atoms with Crippen molar-refractivity contribution in [2.75, 3.05) is 26.4 Å². The third kappa shape index (κ3) is 44.8. The molecule has 0 aliphatic carbocycles. The SMILES string of the molecule is CC/C=C\C/C=C\C/C=C\C/C=C\C/C=C\C/C=C\C/C=C\CCCCCCCCCCCCCCCCCC(=O)NC(COC1OC(CO)C(OC2OC(CO)C(OC3OC(CO)C(O)C(O)C3O)C(O)C2O)C(O)C1O)C(O)/C=C/CC/C=C/CCCCCCCCCCCCCCCCCCC. The summed E-state index contributed by atoms with van der Waals surface area (Å²) in [5.74, 6) is -0.286. The van der Waals surface area contributed by atoms with Crippen LogP contribution in [0.5, 0.6) is 0 Å². The number of unbranched alkanes of at least 4 members (excludes halogenated alkanes) is 33. The first-order chi connectivity index (χ1) is 51.3. The Balaban J connectivity index is 1.35. The average Bonchev–Trinajstić information content (AvgIpc) is 0.779. The van der Waals surface area contributed by atoms with Crippen LogP contribution in [0, 0.1) is 0 Å². The molecule has 0 aromatic rings. The number of ether oxygens (including phenoxy) is 6. The Morgan fingerprint density at radius 2 is 0.667 bits per heavy atom. The van der Waals surface area contributed by atoms with Gasteiger partial charge in [-0.05, 0) is 89.9 Å². The van der Waals surface area contributed by atoms with Crippen molar-refractivity contribution >= 4 is 5.91 Å². The molecule has 3 aliphatic rings. The van der Waals surface area contributed by atoms with E-state index in [-0.39, 0.29) is 18.9 Å². The predicted molar refractivity (Wildman–Crippen MR) is 420 cm³/mol. The van der Waals surface area contributed by atoms with E-state index in [0.717, 1.165) is 89.9 Å². The molecule has 606 valence electrons. The molecule has 3 heterocycles. The fourth-order valence-electron chi connectivity index (χ4n) is 13.4. The minimum atomic E-state index is -1.99. The molecule has 12 N–H and O–H groups in total. The first-order valence-electron chi connectivity index (χ1n) is 41.6. The molecule has 19 nitrogen and oxygen atoms in total. The number of carbonyl (C=O) groups is 1. The molecule has 3 rings (SSSR count). The fourth-order valence-corrected chi connectivity index (χ4v) is 13.4. The summed E-state index contributed by atoms with van der Waals surface area (Å²) in [6.45, 7) is 1.63. The third-order valence-electron chi connectivity index (χ3n) is 20.1. The van der Waals surface area contributed by atoms with Gasteiger partial charge in [0, 0.05) is 6.42 Å². The molecule has 0 radical (unpaired) electrons. The molecule has 1 amide bonds. The molecule has 0 aromatic heterocycles. The highest BCUT2D eigenvalue weighted by Gasteiger charge is 2.54. The van der Waals surface area contributed by atoms with Gasteiger partial charge < -0.3 is 89.9 Å². The van der Waals surface area contributed by atoms with Gasteiger partial charge in [-0.1, -0.05) is 309 Å². The van der Waals surface area contributed by atoms with Crippen LogP contribution in [0.4, 0.5) is 0 Å². The van der Waals surface area contributed by atoms with E-state index < -0.39 is 124 Å². The van der Waals surface area contributed by atoms with Gasteiger partial charge >= 0.3 is 0 Å². The zero-order valence-corrected chi connectivity index (χ0v) is 64.9. The first-order valence-corrected chi connectivity index (χ1v) is 41.6. The van der Waals surface area contributed by atoms with Gasteiger partial charge in [-0.15, -0.1) is 0 Å². The van der Waals surface area contributed by atoms with Crippen molar-refractivity contribution in [1.82, 2.24) is 5.32 Å². The van der Waals surface area contributed by atoms with E-state index in [4.69, 9.17) is 28.4 Å². The Kier molecular flexibility index (Phi) is 59.4. The van der Waals surface area contributed by atoms with E-state index in [2.05, 4.69) is 116 Å². The standard InChI is InChI=1S/C86H149NO18/c1-3-5-7-9-11-13-15-17-19-21-23-25-27-28-29-30-31-32-33-34-35-36-37-38-39-40-42-44-46-48-50-52-54-56-58-60-62-64-74(92)87-69(70(91)63-61-59-57-55-53-51-49-47-45-43-41-26-24-22-20-18-16-14-12-10-8-6-4-2)68-100-84-80(98)77(95)82(72(66-89)102-84)105-86-81(99)78(96)83(73(67-90)103-86)104-85-79(97)76(94)75(93)71(65-88)101-85/h5,7,11,13,17,19,23,25,28-29,31-32,34-35,53,55,61,63,69-73,75-86,88-91,93-99H,3-4,6,8-10,12,14-16,18,20-22,24,26-27,30,33,36-52,54,56-60,62,64-68H2,1-2H3,(H,87,92)/b7-5-,13-11-,19-17-,25-23-,29-28-,32-31-,35-34-,55-53+,63-61+. The predicted octanol–water partition coefficient (Wildman–Crippen LogP) is 14.5. The van der Waals surface area contributed by atoms with Gasteiger partial charge in [-0.25, -0.2) is 0 Å². The molecular formula is C86H149NO18. The Morgan fingerprint density at radius 3 is 1.07 bits per heavy atom. The number of amides is 1. The van der Waals surface area contributed by atoms with E-state index in [1.807, 2.05) is 6.08 Å². The molecule has 105 heavy (non-hydrogen) atoms. The summed E-state index contributed by atoms with van der Waals surface area (Å²) in [7, 11) is 0. The summed E-state index contributed by atoms with van der Waals surface area (Å²) in [4.78, 5) is 13.5. The second-order valence-electron chi connectivity index (χ2n) is 29.2. The highest BCUT2D eigenvalue weighted by atomic mass is 16.8. The summed E-state index contributed by atoms with van der Waals surface area (Å²) in [5, 5.41) is 121. The smallest absolute Gasteiger partial charge is 0.220 e. The molecule has 0 spiro atoms. The van der Waals surface area contributed by atoms with Crippen molar-refractivity contribution in [2.24, 2.45) is 0 Å². The van der Waals surface area contributed by atoms with Crippen molar-refractivity contribution in [1.29, 1.82) is 0 Å². The second kappa shape index (κ2) is 65.2. The van der Waals surface area contributed by atoms with Crippen LogP contribution in [0.3, 0.4) is 0 Å². The highest BCUT2D eigenvalue weighted by molar-refractivity contribution is 5.76. The number of rotatable bonds is 65. The zero-order valence-electron chi connectivity index (χ0n) is 64.9. The number of aliphatic hydroxyl groups excluding tert-OH is 11. The van der Waals surface area contributed by atoms with Crippen LogP contribution in [0.15, 0.2) is 109 Å². The number of nitrogens with one attached hydrogen (secondary N) is 1. The second-order valence-corrected chi connectivity index (χ2v) is 29.2. The van der Waals surface area contributed by atoms with E-state index in [9.17, 15) is 61.0 Å². The van der Waals surface area contributed by atoms with Crippen LogP contribution in [-0.4, -0.2) is 193 Å². The number of allylic oxidation sites excluding steroid dienone is 17. The Hall–Kier alpha value is -3.55. The lowest BCUT2D eigenvalue weighted by Gasteiger charge is -2.48. The average molecular weight is 1490 g/mol. The zero-order chi connectivity index (χ0) is 76.0. The lowest BCUT2D eigenvalue weighted by atomic mass is 9.96. The number of carbonyl (C=O) groups excluding carboxylic acids is 1. The van der Waals surface area contributed by atoms with Gasteiger partial charge in [-0.3, -0.25) is 4.79 Å². The van der Waals surface area contributed by atoms with Crippen LogP contribution in [-0.2, 0) is 33.2 Å². The molecule has 0 bridgehead atoms. The Labute approximate surface area is 634 Å². The molecular weight excluding hydrogens is 1330 g/mol. The maximum atomic E-state index is 13.5. The summed E-state index contributed by atoms with van der Waals surface area (Å²) in [5.41, 5.74) is 0. The summed E-state index contributed by atoms with van der Waals surface area (Å²) in [6.07, 6.45) is 63.6. The van der Waals surface area contributed by atoms with E-state index in [0.29, 0.717) is 12.8 Å². The van der Waals surface area contributed by atoms with E-state index >= 15 is 0 Å². The van der Waals surface area contributed by atoms with Gasteiger partial charge in [0.05, 0.1) is 38.6 Å². The van der Waals surface area contributed by atoms with Gasteiger partial charge in [0.25, 0.3) is 0 Å². The normalized spacial score (nSPS) is 26.4. The molecule has 17 unspecified atom stereocenters. The molecule has 17 atom stereocenters. The first kappa shape index (κ1) is 95.7. The maximum absolute atomic E-state index is 13.5. The van der Waals surface area contributed by atoms with Crippen molar-refractivity contribution in [2.45, 2.75) is 401 Å². The minimum absolute atomic E-state index is 0.231. The summed E-state index contributed by atoms with van der Waals surface area (Å²) >= 11 is 0. The van der Waals surface area contributed by atoms with Crippen LogP contribution in [0.1, 0.15) is 296 Å². The van der Waals surface area contributed by atoms with Gasteiger partial charge in [0.1, 0.15) is 73.2 Å². The molecule has 19 heteroatoms. The molecule has 3 aliphatic heterocycles. The third-order valence-corrected chi connectivity index (χ3v) is 20.1. The number of aliphatic hydroxyl groups is 11. The number of hydrogen-bond acceptors (Lipinski definition) is 18. The van der Waals surface area contributed by atoms with Crippen LogP contribution in [0.25, 0.3) is 0 Å². The minimum Gasteiger partial charge on any atom is -0.394 e. The fraction of sp³-hybridized carbons (Fsp3) is 0.779. The molecule has 3 fully saturated rings. The summed E-state index contributed by atoms with van der Waals surface area (Å²) < 4.78 is 34.4. The molecule has 0 aromatic carbocycles. The highest BCUT2D eigenvalue weighted by Crippen LogP contribution is 2.33. The quantitative estimate of drug-likeness (QED) is 0.0199. The lowest BCUT2D eigenvalue weighted by molar-refractivity contribution is -0.379. The molecule has 3 saturated heterocycles. The Bertz CT molecular complexity index is 2320. The largest absolute Gasteiger partial charge is 0.394 e. The van der Waals surface area contributed by atoms with Crippen LogP contribution >= 0.6 is 0 Å². The van der Waals surface area contributed by atoms with E-state index in [1.165, 1.54) is 173 Å². The van der Waals surface area contributed by atoms with Gasteiger partial charge in [-0.2, -0.15) is 0 Å². The van der Waals surface area contributed by atoms with Crippen LogP contribution in [0.2, 0.25) is 0 Å². The Morgan fingerprint density at radius 1 is 0.352 bits per heavy atom. The lowest BCUT2D eigenvalue weighted by Crippen LogP contribution is -2.66. The van der Waals surface area contributed by atoms with E-state index in [1.54, 1.807) is 6.08 Å².